The molecule has 24 nitrogen and oxygen atoms in total. The van der Waals surface area contributed by atoms with Crippen LogP contribution in [0.3, 0.4) is 0 Å². The molecule has 7 heterocycles. The Bertz CT molecular complexity index is 1990. The van der Waals surface area contributed by atoms with Crippen molar-refractivity contribution >= 4 is 55.7 Å². The Morgan fingerprint density at radius 2 is 1.39 bits per heavy atom. The Kier molecular flexibility index (Phi) is 7.39. The minimum atomic E-state index is -5.14. The van der Waals surface area contributed by atoms with Gasteiger partial charge in [-0.15, -0.1) is 0 Å². The van der Waals surface area contributed by atoms with Crippen LogP contribution in [0.4, 0.5) is 17.7 Å². The number of nitrogen functional groups attached to an aromatic ring is 3. The Hall–Kier alpha value is -3.64. The van der Waals surface area contributed by atoms with Crippen LogP contribution in [0.15, 0.2) is 17.4 Å². The van der Waals surface area contributed by atoms with Crippen LogP contribution in [-0.4, -0.2) is 109 Å². The maximum absolute atomic E-state index is 13.2. The third kappa shape index (κ3) is 5.33. The molecule has 26 heteroatoms. The van der Waals surface area contributed by atoms with Gasteiger partial charge in [0.2, 0.25) is 11.9 Å². The van der Waals surface area contributed by atoms with Crippen molar-refractivity contribution in [3.63, 3.8) is 0 Å². The molecule has 0 spiro atoms. The summed E-state index contributed by atoms with van der Waals surface area (Å²) < 4.78 is 61.0. The Morgan fingerprint density at radius 1 is 0.804 bits per heavy atom. The van der Waals surface area contributed by atoms with E-state index in [4.69, 9.17) is 44.8 Å². The average Bonchev–Trinajstić information content (AvgIpc) is 3.72. The number of rotatable bonds is 2. The highest BCUT2D eigenvalue weighted by Gasteiger charge is 2.54. The molecule has 7 rings (SSSR count). The Labute approximate surface area is 254 Å². The summed E-state index contributed by atoms with van der Waals surface area (Å²) in [7, 11) is -10.2. The quantitative estimate of drug-likeness (QED) is 0.0988. The van der Waals surface area contributed by atoms with Crippen molar-refractivity contribution in [1.82, 2.24) is 39.0 Å². The number of phosphoric acid groups is 2. The molecular formula is C20H25N11O13P2. The zero-order valence-corrected chi connectivity index (χ0v) is 24.7. The molecule has 2 unspecified atom stereocenters. The number of aliphatic hydroxyl groups excluding tert-OH is 2. The number of hydrogen-bond donors (Lipinski definition) is 8. The van der Waals surface area contributed by atoms with Crippen LogP contribution in [0.1, 0.15) is 12.5 Å². The van der Waals surface area contributed by atoms with Gasteiger partial charge in [0, 0.05) is 0 Å². The molecule has 2 bridgehead atoms. The lowest BCUT2D eigenvalue weighted by atomic mass is 10.1. The number of imidazole rings is 2. The largest absolute Gasteiger partial charge is 0.472 e. The van der Waals surface area contributed by atoms with Gasteiger partial charge in [0.05, 0.1) is 25.9 Å². The Balaban J connectivity index is 1.21. The minimum absolute atomic E-state index is 0.0300. The van der Waals surface area contributed by atoms with Crippen LogP contribution in [0.25, 0.3) is 22.3 Å². The number of H-pyrrole nitrogens is 1. The van der Waals surface area contributed by atoms with Crippen molar-refractivity contribution in [2.45, 2.75) is 49.1 Å². The topological polar surface area (TPSA) is 356 Å². The number of aromatic nitrogens is 8. The zero-order valence-electron chi connectivity index (χ0n) is 22.9. The van der Waals surface area contributed by atoms with Gasteiger partial charge in [0.1, 0.15) is 42.1 Å². The predicted octanol–water partition coefficient (Wildman–Crippen LogP) is -2.76. The standard InChI is InChI=1S/C20H25N11O13P2/c21-13-7-14(27-19(22)26-13)30(3-24-7)17-10(33)11-6(42-17)2-40-46(37,38)44-12-9(32)5(1-39-45(35,36)43-11)41-18(12)31-4-25-8-15(31)28-20(23)29-16(8)34/h3-6,9-12,17-18,32-33H,1-2H2,(H,35,36)(H,37,38)(H4,21,22,26,27)(H3,23,28,29,34)/t5-,6-,9-,10-,11-,12-,17-,18-/m1/s1. The lowest BCUT2D eigenvalue weighted by Gasteiger charge is -2.25. The number of nitrogens with two attached hydrogens (primary N) is 3. The highest BCUT2D eigenvalue weighted by Crippen LogP contribution is 2.53. The first-order valence-corrected chi connectivity index (χ1v) is 16.2. The molecule has 4 aromatic heterocycles. The molecule has 0 amide bonds. The molecule has 3 aliphatic heterocycles. The molecule has 4 aromatic rings. The fourth-order valence-electron chi connectivity index (χ4n) is 5.38. The summed E-state index contributed by atoms with van der Waals surface area (Å²) in [5, 5.41) is 22.2. The number of hydrogen-bond acceptors (Lipinski definition) is 19. The number of aliphatic hydroxyl groups is 2. The Morgan fingerprint density at radius 3 is 2.11 bits per heavy atom. The van der Waals surface area contributed by atoms with E-state index < -0.39 is 83.5 Å². The van der Waals surface area contributed by atoms with Crippen molar-refractivity contribution in [2.24, 2.45) is 0 Å². The maximum atomic E-state index is 13.2. The molecule has 11 N–H and O–H groups in total. The number of fused-ring (bicyclic) bond motifs is 5. The summed E-state index contributed by atoms with van der Waals surface area (Å²) in [6, 6.07) is 0. The second kappa shape index (κ2) is 11.0. The number of nitrogens with zero attached hydrogens (tertiary/aromatic N) is 7. The molecule has 10 atom stereocenters. The van der Waals surface area contributed by atoms with Crippen molar-refractivity contribution < 1.29 is 56.7 Å². The van der Waals surface area contributed by atoms with E-state index in [0.717, 1.165) is 10.9 Å². The lowest BCUT2D eigenvalue weighted by molar-refractivity contribution is -0.0672. The first kappa shape index (κ1) is 31.0. The highest BCUT2D eigenvalue weighted by molar-refractivity contribution is 7.47. The molecule has 0 aromatic carbocycles. The monoisotopic (exact) mass is 689 g/mol. The molecular weight excluding hydrogens is 664 g/mol. The average molecular weight is 689 g/mol. The number of aromatic amines is 1. The smallest absolute Gasteiger partial charge is 0.387 e. The maximum Gasteiger partial charge on any atom is 0.472 e. The van der Waals surface area contributed by atoms with Crippen molar-refractivity contribution in [3.05, 3.63) is 23.0 Å². The molecule has 0 aliphatic carbocycles. The summed E-state index contributed by atoms with van der Waals surface area (Å²) in [5.41, 5.74) is 16.3. The molecule has 0 radical (unpaired) electrons. The number of phosphoric ester groups is 2. The number of ether oxygens (including phenoxy) is 2. The van der Waals surface area contributed by atoms with E-state index in [2.05, 4.69) is 29.9 Å². The van der Waals surface area contributed by atoms with Crippen LogP contribution in [0, 0.1) is 0 Å². The van der Waals surface area contributed by atoms with Gasteiger partial charge in [-0.05, 0) is 0 Å². The predicted molar refractivity (Wildman–Crippen MR) is 148 cm³/mol. The molecule has 3 fully saturated rings. The van der Waals surface area contributed by atoms with Crippen molar-refractivity contribution in [2.75, 3.05) is 30.4 Å². The molecule has 3 aliphatic rings. The molecule has 248 valence electrons. The van der Waals surface area contributed by atoms with E-state index in [1.807, 2.05) is 0 Å². The van der Waals surface area contributed by atoms with Gasteiger partial charge in [0.25, 0.3) is 5.56 Å². The summed E-state index contributed by atoms with van der Waals surface area (Å²) >= 11 is 0. The normalized spacial score (nSPS) is 37.1. The van der Waals surface area contributed by atoms with Gasteiger partial charge in [-0.2, -0.15) is 15.0 Å². The van der Waals surface area contributed by atoms with Crippen LogP contribution in [0.5, 0.6) is 0 Å². The third-order valence-electron chi connectivity index (χ3n) is 7.40. The van der Waals surface area contributed by atoms with E-state index in [1.54, 1.807) is 0 Å². The van der Waals surface area contributed by atoms with Gasteiger partial charge in [0.15, 0.2) is 35.1 Å². The number of anilines is 3. The van der Waals surface area contributed by atoms with Gasteiger partial charge in [-0.1, -0.05) is 0 Å². The fourth-order valence-corrected chi connectivity index (χ4v) is 7.28. The SMILES string of the molecule is Nc1nc(N)c2ncn([C@@H]3O[C@@H]4COP(=O)(O)O[C@@H]5[C@H](O)[C@@H](COP(=O)(O)O[C@H]4[C@H]3O)O[C@H]5n3cnc4c(=O)[nH]c(N)nc43)c2n1. The lowest BCUT2D eigenvalue weighted by Crippen LogP contribution is -2.36. The molecule has 3 saturated heterocycles. The second-order valence-corrected chi connectivity index (χ2v) is 13.2. The van der Waals surface area contributed by atoms with Crippen molar-refractivity contribution in [1.29, 1.82) is 0 Å². The third-order valence-corrected chi connectivity index (χ3v) is 9.37. The van der Waals surface area contributed by atoms with Gasteiger partial charge < -0.3 is 46.7 Å². The minimum Gasteiger partial charge on any atom is -0.387 e. The molecule has 0 saturated carbocycles. The second-order valence-electron chi connectivity index (χ2n) is 10.3. The first-order chi connectivity index (χ1) is 21.7. The van der Waals surface area contributed by atoms with E-state index in [1.165, 1.54) is 10.9 Å². The van der Waals surface area contributed by atoms with Crippen LogP contribution in [-0.2, 0) is 36.7 Å². The number of nitrogens with one attached hydrogen (secondary N) is 1. The van der Waals surface area contributed by atoms with E-state index >= 15 is 0 Å². The van der Waals surface area contributed by atoms with E-state index in [0.29, 0.717) is 0 Å². The van der Waals surface area contributed by atoms with Crippen LogP contribution in [0.2, 0.25) is 0 Å². The van der Waals surface area contributed by atoms with E-state index in [-0.39, 0.29) is 40.0 Å². The fraction of sp³-hybridized carbons (Fsp3) is 0.500. The van der Waals surface area contributed by atoms with Crippen LogP contribution >= 0.6 is 15.6 Å². The zero-order chi connectivity index (χ0) is 32.7. The summed E-state index contributed by atoms with van der Waals surface area (Å²) in [6.07, 6.45) is -10.6. The van der Waals surface area contributed by atoms with Gasteiger partial charge >= 0.3 is 15.6 Å². The summed E-state index contributed by atoms with van der Waals surface area (Å²) in [4.78, 5) is 55.7. The van der Waals surface area contributed by atoms with Gasteiger partial charge in [-0.25, -0.2) is 19.1 Å². The summed E-state index contributed by atoms with van der Waals surface area (Å²) in [5.74, 6) is -0.587. The first-order valence-electron chi connectivity index (χ1n) is 13.2. The van der Waals surface area contributed by atoms with Gasteiger partial charge in [-0.3, -0.25) is 37.0 Å². The summed E-state index contributed by atoms with van der Waals surface area (Å²) in [6.45, 7) is -1.69. The highest BCUT2D eigenvalue weighted by atomic mass is 31.2. The van der Waals surface area contributed by atoms with Crippen molar-refractivity contribution in [3.8, 4) is 0 Å². The van der Waals surface area contributed by atoms with E-state index in [9.17, 15) is 33.9 Å². The molecule has 46 heavy (non-hydrogen) atoms. The van der Waals surface area contributed by atoms with Crippen LogP contribution < -0.4 is 22.8 Å².